The Morgan fingerprint density at radius 2 is 2.00 bits per heavy atom. The fraction of sp³-hybridized carbons (Fsp3) is 0.438. The molecule has 1 amide bonds. The molecular formula is C16H17NO2S2. The van der Waals surface area contributed by atoms with Gasteiger partial charge in [-0.3, -0.25) is 14.5 Å². The van der Waals surface area contributed by atoms with E-state index in [0.717, 1.165) is 18.5 Å². The van der Waals surface area contributed by atoms with Crippen LogP contribution in [0.4, 0.5) is 5.69 Å². The summed E-state index contributed by atoms with van der Waals surface area (Å²) in [7, 11) is 0. The predicted molar refractivity (Wildman–Crippen MR) is 89.5 cm³/mol. The van der Waals surface area contributed by atoms with Crippen molar-refractivity contribution in [2.75, 3.05) is 4.90 Å². The van der Waals surface area contributed by atoms with E-state index in [2.05, 4.69) is 0 Å². The van der Waals surface area contributed by atoms with Gasteiger partial charge in [-0.1, -0.05) is 42.2 Å². The van der Waals surface area contributed by atoms with Crippen molar-refractivity contribution < 1.29 is 9.59 Å². The van der Waals surface area contributed by atoms with Crippen LogP contribution in [-0.2, 0) is 9.59 Å². The quantitative estimate of drug-likeness (QED) is 0.781. The minimum atomic E-state index is -0.608. The zero-order chi connectivity index (χ0) is 15.0. The topological polar surface area (TPSA) is 37.4 Å². The third kappa shape index (κ3) is 2.53. The number of benzene rings is 1. The minimum absolute atomic E-state index is 0.0170. The summed E-state index contributed by atoms with van der Waals surface area (Å²) < 4.78 is -0.0186. The van der Waals surface area contributed by atoms with E-state index < -0.39 is 4.75 Å². The Kier molecular flexibility index (Phi) is 3.88. The summed E-state index contributed by atoms with van der Waals surface area (Å²) in [6.07, 6.45) is 2.95. The van der Waals surface area contributed by atoms with Crippen LogP contribution in [0.15, 0.2) is 30.3 Å². The molecule has 3 rings (SSSR count). The average Bonchev–Trinajstić information content (AvgIpc) is 2.71. The van der Waals surface area contributed by atoms with Gasteiger partial charge in [0.2, 0.25) is 5.91 Å². The minimum Gasteiger partial charge on any atom is -0.300 e. The maximum Gasteiger partial charge on any atom is 0.249 e. The predicted octanol–water partition coefficient (Wildman–Crippen LogP) is 3.57. The van der Waals surface area contributed by atoms with E-state index in [1.807, 2.05) is 37.3 Å². The maximum absolute atomic E-state index is 13.0. The van der Waals surface area contributed by atoms with Crippen molar-refractivity contribution in [3.05, 3.63) is 30.3 Å². The lowest BCUT2D eigenvalue weighted by atomic mass is 9.79. The monoisotopic (exact) mass is 319 g/mol. The molecule has 0 radical (unpaired) electrons. The summed E-state index contributed by atoms with van der Waals surface area (Å²) in [6.45, 7) is 1.94. The summed E-state index contributed by atoms with van der Waals surface area (Å²) >= 11 is 6.87. The van der Waals surface area contributed by atoms with Crippen LogP contribution in [0, 0.1) is 5.92 Å². The fourth-order valence-electron chi connectivity index (χ4n) is 3.13. The van der Waals surface area contributed by atoms with Gasteiger partial charge in [0, 0.05) is 12.8 Å². The molecule has 2 fully saturated rings. The van der Waals surface area contributed by atoms with E-state index >= 15 is 0 Å². The second kappa shape index (κ2) is 5.54. The zero-order valence-electron chi connectivity index (χ0n) is 11.9. The number of carbonyl (C=O) groups excluding carboxylic acids is 2. The molecule has 21 heavy (non-hydrogen) atoms. The Labute approximate surface area is 134 Å². The Bertz CT molecular complexity index is 602. The zero-order valence-corrected chi connectivity index (χ0v) is 13.5. The van der Waals surface area contributed by atoms with Gasteiger partial charge in [-0.25, -0.2) is 0 Å². The molecule has 1 aromatic rings. The largest absolute Gasteiger partial charge is 0.300 e. The summed E-state index contributed by atoms with van der Waals surface area (Å²) in [6, 6.07) is 9.50. The van der Waals surface area contributed by atoms with Crippen LogP contribution in [-0.4, -0.2) is 20.8 Å². The highest BCUT2D eigenvalue weighted by molar-refractivity contribution is 8.25. The van der Waals surface area contributed by atoms with Gasteiger partial charge in [-0.15, -0.1) is 0 Å². The molecule has 1 saturated carbocycles. The van der Waals surface area contributed by atoms with Gasteiger partial charge in [0.25, 0.3) is 0 Å². The number of para-hydroxylation sites is 1. The van der Waals surface area contributed by atoms with E-state index in [4.69, 9.17) is 12.2 Å². The maximum atomic E-state index is 13.0. The van der Waals surface area contributed by atoms with Gasteiger partial charge in [-0.2, -0.15) is 0 Å². The first-order valence-electron chi connectivity index (χ1n) is 7.16. The normalized spacial score (nSPS) is 30.0. The van der Waals surface area contributed by atoms with Crippen molar-refractivity contribution >= 4 is 45.7 Å². The Hall–Kier alpha value is -1.20. The van der Waals surface area contributed by atoms with Gasteiger partial charge in [0.1, 0.15) is 14.9 Å². The lowest BCUT2D eigenvalue weighted by molar-refractivity contribution is -0.124. The van der Waals surface area contributed by atoms with Crippen LogP contribution in [0.1, 0.15) is 32.6 Å². The second-order valence-corrected chi connectivity index (χ2v) is 7.87. The highest BCUT2D eigenvalue weighted by atomic mass is 32.2. The molecule has 0 N–H and O–H groups in total. The first-order chi connectivity index (χ1) is 10.0. The molecule has 1 heterocycles. The van der Waals surface area contributed by atoms with Crippen LogP contribution in [0.2, 0.25) is 0 Å². The van der Waals surface area contributed by atoms with Crippen molar-refractivity contribution in [2.24, 2.45) is 5.92 Å². The SMILES string of the molecule is C[C@@]1([C@H]2CCCC(=O)C2)SC(=S)N(c2ccccc2)C1=O. The number of nitrogens with zero attached hydrogens (tertiary/aromatic N) is 1. The number of thiocarbonyl (C=S) groups is 1. The van der Waals surface area contributed by atoms with Gasteiger partial charge < -0.3 is 0 Å². The number of hydrogen-bond donors (Lipinski definition) is 0. The number of ketones is 1. The third-order valence-electron chi connectivity index (χ3n) is 4.39. The molecule has 2 aliphatic rings. The molecule has 0 spiro atoms. The molecule has 5 heteroatoms. The number of Topliss-reactive ketones (excluding diaryl/α,β-unsaturated/α-hetero) is 1. The second-order valence-electron chi connectivity index (χ2n) is 5.78. The van der Waals surface area contributed by atoms with Gasteiger partial charge >= 0.3 is 0 Å². The van der Waals surface area contributed by atoms with Crippen LogP contribution in [0.5, 0.6) is 0 Å². The number of thioether (sulfide) groups is 1. The first-order valence-corrected chi connectivity index (χ1v) is 8.39. The lowest BCUT2D eigenvalue weighted by Crippen LogP contribution is -2.44. The lowest BCUT2D eigenvalue weighted by Gasteiger charge is -2.33. The van der Waals surface area contributed by atoms with E-state index in [9.17, 15) is 9.59 Å². The van der Waals surface area contributed by atoms with Crippen molar-refractivity contribution in [3.63, 3.8) is 0 Å². The number of hydrogen-bond acceptors (Lipinski definition) is 4. The van der Waals surface area contributed by atoms with Crippen LogP contribution >= 0.6 is 24.0 Å². The molecule has 0 aromatic heterocycles. The molecule has 1 aliphatic carbocycles. The Morgan fingerprint density at radius 1 is 1.29 bits per heavy atom. The third-order valence-corrected chi connectivity index (χ3v) is 6.11. The molecule has 1 aliphatic heterocycles. The molecule has 1 aromatic carbocycles. The fourth-order valence-corrected chi connectivity index (χ4v) is 5.02. The van der Waals surface area contributed by atoms with E-state index in [0.29, 0.717) is 17.2 Å². The average molecular weight is 319 g/mol. The van der Waals surface area contributed by atoms with Crippen molar-refractivity contribution in [3.8, 4) is 0 Å². The molecule has 2 atom stereocenters. The smallest absolute Gasteiger partial charge is 0.249 e. The summed E-state index contributed by atoms with van der Waals surface area (Å²) in [5, 5.41) is 0. The van der Waals surface area contributed by atoms with E-state index in [1.54, 1.807) is 4.90 Å². The van der Waals surface area contributed by atoms with Crippen LogP contribution in [0.3, 0.4) is 0 Å². The van der Waals surface area contributed by atoms with Crippen molar-refractivity contribution in [1.82, 2.24) is 0 Å². The highest BCUT2D eigenvalue weighted by Gasteiger charge is 2.53. The number of amides is 1. The number of rotatable bonds is 2. The van der Waals surface area contributed by atoms with E-state index in [1.165, 1.54) is 11.8 Å². The molecule has 3 nitrogen and oxygen atoms in total. The van der Waals surface area contributed by atoms with Crippen molar-refractivity contribution in [1.29, 1.82) is 0 Å². The van der Waals surface area contributed by atoms with Gasteiger partial charge in [-0.05, 0) is 37.8 Å². The standard InChI is InChI=1S/C16H17NO2S2/c1-16(11-6-5-9-13(18)10-11)14(19)17(15(20)21-16)12-7-3-2-4-8-12/h2-4,7-8,11H,5-6,9-10H2,1H3/t11-,16-/m0/s1. The van der Waals surface area contributed by atoms with Crippen molar-refractivity contribution in [2.45, 2.75) is 37.4 Å². The van der Waals surface area contributed by atoms with Crippen LogP contribution in [0.25, 0.3) is 0 Å². The molecule has 0 unspecified atom stereocenters. The highest BCUT2D eigenvalue weighted by Crippen LogP contribution is 2.48. The summed E-state index contributed by atoms with van der Waals surface area (Å²) in [4.78, 5) is 26.3. The first kappa shape index (κ1) is 14.7. The van der Waals surface area contributed by atoms with E-state index in [-0.39, 0.29) is 17.6 Å². The summed E-state index contributed by atoms with van der Waals surface area (Å²) in [5.41, 5.74) is 0.811. The molecule has 0 bridgehead atoms. The Balaban J connectivity index is 1.90. The number of carbonyl (C=O) groups is 2. The van der Waals surface area contributed by atoms with Gasteiger partial charge in [0.15, 0.2) is 0 Å². The Morgan fingerprint density at radius 3 is 2.67 bits per heavy atom. The molecule has 110 valence electrons. The summed E-state index contributed by atoms with van der Waals surface area (Å²) in [5.74, 6) is 0.372. The number of anilines is 1. The molecular weight excluding hydrogens is 302 g/mol. The molecule has 1 saturated heterocycles. The van der Waals surface area contributed by atoms with Crippen LogP contribution < -0.4 is 4.90 Å². The van der Waals surface area contributed by atoms with Gasteiger partial charge in [0.05, 0.1) is 5.69 Å².